The van der Waals surface area contributed by atoms with E-state index >= 15 is 0 Å². The number of ether oxygens (including phenoxy) is 1. The van der Waals surface area contributed by atoms with Gasteiger partial charge in [-0.05, 0) is 38.7 Å². The number of hydrogen-bond donors (Lipinski definition) is 3. The van der Waals surface area contributed by atoms with Gasteiger partial charge in [0.2, 0.25) is 5.91 Å². The summed E-state index contributed by atoms with van der Waals surface area (Å²) in [6.07, 6.45) is 2.62. The molecule has 3 aromatic rings. The Morgan fingerprint density at radius 1 is 1.26 bits per heavy atom. The van der Waals surface area contributed by atoms with E-state index in [1.807, 2.05) is 25.9 Å². The third-order valence-electron chi connectivity index (χ3n) is 5.77. The zero-order valence-electron chi connectivity index (χ0n) is 20.1. The van der Waals surface area contributed by atoms with E-state index < -0.39 is 5.82 Å². The van der Waals surface area contributed by atoms with Gasteiger partial charge in [-0.1, -0.05) is 0 Å². The molecule has 1 aliphatic carbocycles. The lowest BCUT2D eigenvalue weighted by atomic mass is 9.89. The number of nitrogens with one attached hydrogen (secondary N) is 3. The van der Waals surface area contributed by atoms with Gasteiger partial charge in [0.25, 0.3) is 5.91 Å². The SMILES string of the molecule is CC(=O)NC1CC(Oc2cc(F)ccc2Nc2ncnc3sc(C(=O)NCCN(C)C)c(C)c23)C1. The molecule has 2 aromatic heterocycles. The molecule has 2 heterocycles. The zero-order valence-corrected chi connectivity index (χ0v) is 21.0. The van der Waals surface area contributed by atoms with E-state index in [1.165, 1.54) is 36.7 Å². The van der Waals surface area contributed by atoms with Crippen LogP contribution in [-0.4, -0.2) is 66.0 Å². The number of carbonyl (C=O) groups is 2. The van der Waals surface area contributed by atoms with Crippen molar-refractivity contribution in [2.24, 2.45) is 0 Å². The van der Waals surface area contributed by atoms with Crippen molar-refractivity contribution in [3.8, 4) is 5.75 Å². The van der Waals surface area contributed by atoms with Crippen LogP contribution in [0.15, 0.2) is 24.5 Å². The van der Waals surface area contributed by atoms with E-state index in [9.17, 15) is 14.0 Å². The van der Waals surface area contributed by atoms with Gasteiger partial charge >= 0.3 is 0 Å². The first kappa shape index (κ1) is 24.8. The number of thiophene rings is 1. The highest BCUT2D eigenvalue weighted by Gasteiger charge is 2.32. The quantitative estimate of drug-likeness (QED) is 0.414. The fourth-order valence-corrected chi connectivity index (χ4v) is 4.99. The van der Waals surface area contributed by atoms with Crippen LogP contribution in [0.5, 0.6) is 5.75 Å². The summed E-state index contributed by atoms with van der Waals surface area (Å²) < 4.78 is 20.1. The minimum absolute atomic E-state index is 0.0692. The van der Waals surface area contributed by atoms with Gasteiger partial charge in [-0.3, -0.25) is 9.59 Å². The molecule has 1 saturated carbocycles. The van der Waals surface area contributed by atoms with Crippen LogP contribution in [0.2, 0.25) is 0 Å². The predicted octanol–water partition coefficient (Wildman–Crippen LogP) is 3.22. The van der Waals surface area contributed by atoms with Crippen LogP contribution in [0.4, 0.5) is 15.9 Å². The van der Waals surface area contributed by atoms with E-state index in [0.29, 0.717) is 46.3 Å². The van der Waals surface area contributed by atoms with E-state index in [-0.39, 0.29) is 24.0 Å². The van der Waals surface area contributed by atoms with Gasteiger partial charge < -0.3 is 25.6 Å². The minimum Gasteiger partial charge on any atom is -0.488 e. The van der Waals surface area contributed by atoms with Gasteiger partial charge in [-0.15, -0.1) is 11.3 Å². The van der Waals surface area contributed by atoms with E-state index in [0.717, 1.165) is 17.5 Å². The van der Waals surface area contributed by atoms with Crippen LogP contribution < -0.4 is 20.7 Å². The van der Waals surface area contributed by atoms with E-state index in [2.05, 4.69) is 25.9 Å². The Labute approximate surface area is 207 Å². The molecule has 1 aromatic carbocycles. The van der Waals surface area contributed by atoms with Gasteiger partial charge in [0.15, 0.2) is 0 Å². The number of rotatable bonds is 9. The molecular formula is C24H29FN6O3S. The number of aromatic nitrogens is 2. The maximum Gasteiger partial charge on any atom is 0.261 e. The largest absolute Gasteiger partial charge is 0.488 e. The van der Waals surface area contributed by atoms with Crippen LogP contribution in [0.25, 0.3) is 10.2 Å². The third kappa shape index (κ3) is 5.85. The molecule has 186 valence electrons. The number of hydrogen-bond acceptors (Lipinski definition) is 8. The van der Waals surface area contributed by atoms with Crippen LogP contribution >= 0.6 is 11.3 Å². The topological polar surface area (TPSA) is 108 Å². The highest BCUT2D eigenvalue weighted by Crippen LogP contribution is 2.37. The first-order valence-electron chi connectivity index (χ1n) is 11.4. The molecule has 35 heavy (non-hydrogen) atoms. The van der Waals surface area contributed by atoms with Crippen LogP contribution in [0.1, 0.15) is 35.0 Å². The summed E-state index contributed by atoms with van der Waals surface area (Å²) >= 11 is 1.31. The second kappa shape index (κ2) is 10.5. The van der Waals surface area contributed by atoms with E-state index in [4.69, 9.17) is 4.74 Å². The lowest BCUT2D eigenvalue weighted by Crippen LogP contribution is -2.48. The summed E-state index contributed by atoms with van der Waals surface area (Å²) in [5.74, 6) is 0.225. The molecule has 0 bridgehead atoms. The first-order chi connectivity index (χ1) is 16.7. The summed E-state index contributed by atoms with van der Waals surface area (Å²) in [6.45, 7) is 4.63. The van der Waals surface area contributed by atoms with Crippen molar-refractivity contribution >= 4 is 44.9 Å². The van der Waals surface area contributed by atoms with E-state index in [1.54, 1.807) is 6.07 Å². The second-order valence-corrected chi connectivity index (χ2v) is 9.89. The van der Waals surface area contributed by atoms with Crippen molar-refractivity contribution in [2.75, 3.05) is 32.5 Å². The minimum atomic E-state index is -0.417. The maximum atomic E-state index is 14.0. The van der Waals surface area contributed by atoms with Crippen LogP contribution in [0, 0.1) is 12.7 Å². The van der Waals surface area contributed by atoms with Crippen molar-refractivity contribution in [2.45, 2.75) is 38.8 Å². The average Bonchev–Trinajstić information content (AvgIpc) is 3.11. The van der Waals surface area contributed by atoms with Crippen molar-refractivity contribution in [3.63, 3.8) is 0 Å². The highest BCUT2D eigenvalue weighted by atomic mass is 32.1. The number of nitrogens with zero attached hydrogens (tertiary/aromatic N) is 3. The highest BCUT2D eigenvalue weighted by molar-refractivity contribution is 7.20. The Morgan fingerprint density at radius 2 is 2.03 bits per heavy atom. The molecule has 1 fully saturated rings. The molecule has 0 aliphatic heterocycles. The monoisotopic (exact) mass is 500 g/mol. The summed E-state index contributed by atoms with van der Waals surface area (Å²) in [7, 11) is 3.90. The van der Waals surface area contributed by atoms with Gasteiger partial charge in [0, 0.05) is 45.0 Å². The summed E-state index contributed by atoms with van der Waals surface area (Å²) in [5, 5.41) is 9.78. The molecule has 9 nitrogen and oxygen atoms in total. The average molecular weight is 501 g/mol. The second-order valence-electron chi connectivity index (χ2n) is 8.89. The number of aryl methyl sites for hydroxylation is 1. The van der Waals surface area contributed by atoms with Crippen molar-refractivity contribution in [1.82, 2.24) is 25.5 Å². The standard InChI is InChI=1S/C24H29FN6O3S/c1-13-20-22(27-12-28-24(20)35-21(13)23(33)26-7-8-31(3)4)30-18-6-5-15(25)9-19(18)34-17-10-16(11-17)29-14(2)32/h5-6,9,12,16-17H,7-8,10-11H2,1-4H3,(H,26,33)(H,29,32)(H,27,28,30). The van der Waals surface area contributed by atoms with Crippen molar-refractivity contribution < 1.29 is 18.7 Å². The molecular weight excluding hydrogens is 471 g/mol. The molecule has 0 radical (unpaired) electrons. The van der Waals surface area contributed by atoms with Gasteiger partial charge in [0.1, 0.15) is 34.6 Å². The summed E-state index contributed by atoms with van der Waals surface area (Å²) in [4.78, 5) is 36.0. The molecule has 11 heteroatoms. The molecule has 0 spiro atoms. The van der Waals surface area contributed by atoms with Gasteiger partial charge in [-0.2, -0.15) is 0 Å². The van der Waals surface area contributed by atoms with Crippen LogP contribution in [0.3, 0.4) is 0 Å². The fraction of sp³-hybridized carbons (Fsp3) is 0.417. The van der Waals surface area contributed by atoms with Crippen molar-refractivity contribution in [1.29, 1.82) is 0 Å². The number of carbonyl (C=O) groups excluding carboxylic acids is 2. The molecule has 0 atom stereocenters. The van der Waals surface area contributed by atoms with Crippen LogP contribution in [-0.2, 0) is 4.79 Å². The Kier molecular flexibility index (Phi) is 7.46. The molecule has 1 aliphatic rings. The first-order valence-corrected chi connectivity index (χ1v) is 12.2. The van der Waals surface area contributed by atoms with Gasteiger partial charge in [-0.25, -0.2) is 14.4 Å². The molecule has 2 amide bonds. The molecule has 3 N–H and O–H groups in total. The van der Waals surface area contributed by atoms with Gasteiger partial charge in [0.05, 0.1) is 16.0 Å². The zero-order chi connectivity index (χ0) is 25.1. The third-order valence-corrected chi connectivity index (χ3v) is 6.97. The lowest BCUT2D eigenvalue weighted by Gasteiger charge is -2.36. The predicted molar refractivity (Wildman–Crippen MR) is 134 cm³/mol. The Morgan fingerprint density at radius 3 is 2.74 bits per heavy atom. The molecule has 4 rings (SSSR count). The Bertz CT molecular complexity index is 1240. The molecule has 0 unspecified atom stereocenters. The normalized spacial score (nSPS) is 17.2. The lowest BCUT2D eigenvalue weighted by molar-refractivity contribution is -0.120. The number of anilines is 2. The maximum absolute atomic E-state index is 14.0. The fourth-order valence-electron chi connectivity index (χ4n) is 3.93. The molecule has 0 saturated heterocycles. The summed E-state index contributed by atoms with van der Waals surface area (Å²) in [5.41, 5.74) is 1.33. The number of benzene rings is 1. The van der Waals surface area contributed by atoms with Crippen molar-refractivity contribution in [3.05, 3.63) is 40.8 Å². The Hall–Kier alpha value is -3.31. The number of likely N-dealkylation sites (N-methyl/N-ethyl adjacent to an activating group) is 1. The summed E-state index contributed by atoms with van der Waals surface area (Å²) in [6, 6.07) is 4.34. The number of halogens is 1. The Balaban J connectivity index is 1.54. The number of fused-ring (bicyclic) bond motifs is 1. The number of amides is 2. The smallest absolute Gasteiger partial charge is 0.261 e.